The van der Waals surface area contributed by atoms with Crippen molar-refractivity contribution in [3.63, 3.8) is 0 Å². The van der Waals surface area contributed by atoms with Crippen molar-refractivity contribution in [3.8, 4) is 0 Å². The summed E-state index contributed by atoms with van der Waals surface area (Å²) in [6, 6.07) is 0.640. The van der Waals surface area contributed by atoms with E-state index in [4.69, 9.17) is 9.73 Å². The Hall–Kier alpha value is -1.18. The summed E-state index contributed by atoms with van der Waals surface area (Å²) in [5, 5.41) is 6.63. The van der Waals surface area contributed by atoms with Crippen LogP contribution in [0.4, 0.5) is 0 Å². The third kappa shape index (κ3) is 4.65. The third-order valence-electron chi connectivity index (χ3n) is 4.43. The van der Waals surface area contributed by atoms with Gasteiger partial charge >= 0.3 is 0 Å². The fourth-order valence-electron chi connectivity index (χ4n) is 3.23. The molecule has 0 saturated carbocycles. The van der Waals surface area contributed by atoms with Crippen molar-refractivity contribution < 1.29 is 4.74 Å². The quantitative estimate of drug-likeness (QED) is 0.643. The van der Waals surface area contributed by atoms with E-state index in [1.54, 1.807) is 11.3 Å². The van der Waals surface area contributed by atoms with Gasteiger partial charge in [-0.1, -0.05) is 0 Å². The molecule has 0 spiro atoms. The topological polar surface area (TPSA) is 53.0 Å². The molecular formula is C16H27N5OS. The molecule has 1 N–H and O–H groups in total. The predicted octanol–water partition coefficient (Wildman–Crippen LogP) is 1.06. The van der Waals surface area contributed by atoms with Crippen LogP contribution >= 0.6 is 11.3 Å². The number of nitrogens with zero attached hydrogens (tertiary/aromatic N) is 4. The number of nitrogens with one attached hydrogen (secondary N) is 1. The van der Waals surface area contributed by atoms with Crippen molar-refractivity contribution in [2.45, 2.75) is 25.8 Å². The summed E-state index contributed by atoms with van der Waals surface area (Å²) in [7, 11) is 0. The Balaban J connectivity index is 1.53. The van der Waals surface area contributed by atoms with Gasteiger partial charge in [-0.3, -0.25) is 9.89 Å². The number of hydrogen-bond donors (Lipinski definition) is 1. The largest absolute Gasteiger partial charge is 0.379 e. The van der Waals surface area contributed by atoms with Crippen molar-refractivity contribution in [1.29, 1.82) is 0 Å². The molecule has 1 aromatic heterocycles. The fourth-order valence-corrected chi connectivity index (χ4v) is 3.84. The lowest BCUT2D eigenvalue weighted by Gasteiger charge is -2.32. The molecule has 7 heteroatoms. The van der Waals surface area contributed by atoms with Crippen LogP contribution in [0, 0.1) is 0 Å². The molecule has 1 atom stereocenters. The van der Waals surface area contributed by atoms with E-state index in [0.717, 1.165) is 69.9 Å². The Morgan fingerprint density at radius 3 is 3.04 bits per heavy atom. The van der Waals surface area contributed by atoms with Gasteiger partial charge in [0.25, 0.3) is 0 Å². The van der Waals surface area contributed by atoms with Crippen molar-refractivity contribution in [1.82, 2.24) is 20.1 Å². The second-order valence-electron chi connectivity index (χ2n) is 5.95. The molecule has 0 aliphatic carbocycles. The molecule has 3 rings (SSSR count). The zero-order valence-electron chi connectivity index (χ0n) is 13.9. The van der Waals surface area contributed by atoms with Gasteiger partial charge in [-0.15, -0.1) is 11.3 Å². The number of thiazole rings is 1. The number of likely N-dealkylation sites (tertiary alicyclic amines) is 1. The average molecular weight is 337 g/mol. The fraction of sp³-hybridized carbons (Fsp3) is 0.750. The van der Waals surface area contributed by atoms with Gasteiger partial charge in [-0.05, 0) is 13.3 Å². The average Bonchev–Trinajstić information content (AvgIpc) is 3.27. The maximum absolute atomic E-state index is 5.46. The molecule has 1 aromatic rings. The molecule has 2 aliphatic rings. The normalized spacial score (nSPS) is 23.4. The second kappa shape index (κ2) is 8.61. The Bertz CT molecular complexity index is 487. The molecular weight excluding hydrogens is 310 g/mol. The van der Waals surface area contributed by atoms with E-state index in [9.17, 15) is 0 Å². The number of ether oxygens (including phenoxy) is 1. The van der Waals surface area contributed by atoms with E-state index in [0.29, 0.717) is 6.04 Å². The van der Waals surface area contributed by atoms with Crippen LogP contribution in [0.1, 0.15) is 18.4 Å². The summed E-state index contributed by atoms with van der Waals surface area (Å²) in [5.41, 5.74) is 0. The Kier molecular flexibility index (Phi) is 6.24. The SMILES string of the molecule is CCNC(=NCCc1nccs1)N1CCC(N2CCOCC2)C1. The highest BCUT2D eigenvalue weighted by atomic mass is 32.1. The van der Waals surface area contributed by atoms with Crippen LogP contribution < -0.4 is 5.32 Å². The first-order valence-electron chi connectivity index (χ1n) is 8.60. The summed E-state index contributed by atoms with van der Waals surface area (Å²) >= 11 is 1.71. The number of hydrogen-bond acceptors (Lipinski definition) is 5. The summed E-state index contributed by atoms with van der Waals surface area (Å²) in [4.78, 5) is 14.1. The minimum Gasteiger partial charge on any atom is -0.379 e. The Morgan fingerprint density at radius 2 is 2.30 bits per heavy atom. The zero-order chi connectivity index (χ0) is 15.9. The van der Waals surface area contributed by atoms with E-state index >= 15 is 0 Å². The van der Waals surface area contributed by atoms with Gasteiger partial charge in [0, 0.05) is 63.3 Å². The van der Waals surface area contributed by atoms with Gasteiger partial charge in [0.15, 0.2) is 5.96 Å². The van der Waals surface area contributed by atoms with Crippen LogP contribution in [0.15, 0.2) is 16.6 Å². The van der Waals surface area contributed by atoms with Gasteiger partial charge in [0.05, 0.1) is 18.2 Å². The number of morpholine rings is 1. The molecule has 23 heavy (non-hydrogen) atoms. The number of aliphatic imine (C=N–C) groups is 1. The van der Waals surface area contributed by atoms with E-state index in [-0.39, 0.29) is 0 Å². The smallest absolute Gasteiger partial charge is 0.193 e. The molecule has 2 fully saturated rings. The second-order valence-corrected chi connectivity index (χ2v) is 6.93. The van der Waals surface area contributed by atoms with Crippen LogP contribution in [0.2, 0.25) is 0 Å². The minimum absolute atomic E-state index is 0.640. The molecule has 0 amide bonds. The first-order valence-corrected chi connectivity index (χ1v) is 9.48. The van der Waals surface area contributed by atoms with Crippen LogP contribution in [0.3, 0.4) is 0 Å². The standard InChI is InChI=1S/C16H27N5OS/c1-2-17-16(19-5-3-15-18-6-12-23-15)21-7-4-14(13-21)20-8-10-22-11-9-20/h6,12,14H,2-5,7-11,13H2,1H3,(H,17,19). The highest BCUT2D eigenvalue weighted by Gasteiger charge is 2.30. The van der Waals surface area contributed by atoms with Gasteiger partial charge in [0.1, 0.15) is 0 Å². The molecule has 2 saturated heterocycles. The van der Waals surface area contributed by atoms with E-state index < -0.39 is 0 Å². The van der Waals surface area contributed by atoms with Crippen LogP contribution in [-0.4, -0.2) is 79.3 Å². The first-order chi connectivity index (χ1) is 11.4. The number of rotatable bonds is 5. The summed E-state index contributed by atoms with van der Waals surface area (Å²) in [6.07, 6.45) is 4.01. The Labute approximate surface area is 142 Å². The van der Waals surface area contributed by atoms with Crippen molar-refractivity contribution >= 4 is 17.3 Å². The summed E-state index contributed by atoms with van der Waals surface area (Å²) in [6.45, 7) is 9.88. The third-order valence-corrected chi connectivity index (χ3v) is 5.27. The monoisotopic (exact) mass is 337 g/mol. The number of guanidine groups is 1. The van der Waals surface area contributed by atoms with E-state index in [2.05, 4.69) is 27.0 Å². The maximum atomic E-state index is 5.46. The van der Waals surface area contributed by atoms with E-state index in [1.807, 2.05) is 11.6 Å². The zero-order valence-corrected chi connectivity index (χ0v) is 14.7. The van der Waals surface area contributed by atoms with Crippen LogP contribution in [-0.2, 0) is 11.2 Å². The van der Waals surface area contributed by atoms with Crippen molar-refractivity contribution in [2.24, 2.45) is 4.99 Å². The molecule has 0 bridgehead atoms. The van der Waals surface area contributed by atoms with Gasteiger partial charge in [0.2, 0.25) is 0 Å². The van der Waals surface area contributed by atoms with Crippen molar-refractivity contribution in [2.75, 3.05) is 52.5 Å². The summed E-state index contributed by atoms with van der Waals surface area (Å²) < 4.78 is 5.46. The number of aromatic nitrogens is 1. The molecule has 0 aromatic carbocycles. The van der Waals surface area contributed by atoms with E-state index in [1.165, 1.54) is 6.42 Å². The maximum Gasteiger partial charge on any atom is 0.193 e. The van der Waals surface area contributed by atoms with Gasteiger partial charge in [-0.25, -0.2) is 4.98 Å². The predicted molar refractivity (Wildman–Crippen MR) is 94.2 cm³/mol. The lowest BCUT2D eigenvalue weighted by molar-refractivity contribution is 0.0195. The highest BCUT2D eigenvalue weighted by Crippen LogP contribution is 2.17. The minimum atomic E-state index is 0.640. The van der Waals surface area contributed by atoms with Crippen LogP contribution in [0.25, 0.3) is 0 Å². The molecule has 3 heterocycles. The lowest BCUT2D eigenvalue weighted by Crippen LogP contribution is -2.46. The lowest BCUT2D eigenvalue weighted by atomic mass is 10.2. The van der Waals surface area contributed by atoms with Gasteiger partial charge in [-0.2, -0.15) is 0 Å². The highest BCUT2D eigenvalue weighted by molar-refractivity contribution is 7.09. The summed E-state index contributed by atoms with van der Waals surface area (Å²) in [5.74, 6) is 1.06. The Morgan fingerprint density at radius 1 is 1.43 bits per heavy atom. The molecule has 2 aliphatic heterocycles. The molecule has 128 valence electrons. The molecule has 0 radical (unpaired) electrons. The van der Waals surface area contributed by atoms with Gasteiger partial charge < -0.3 is 15.0 Å². The van der Waals surface area contributed by atoms with Crippen LogP contribution in [0.5, 0.6) is 0 Å². The first kappa shape index (κ1) is 16.7. The van der Waals surface area contributed by atoms with Crippen molar-refractivity contribution in [3.05, 3.63) is 16.6 Å². The molecule has 1 unspecified atom stereocenters. The molecule has 6 nitrogen and oxygen atoms in total.